The molecule has 0 atom stereocenters. The van der Waals surface area contributed by atoms with Crippen LogP contribution in [-0.2, 0) is 17.0 Å². The van der Waals surface area contributed by atoms with E-state index in [1.54, 1.807) is 23.9 Å². The Morgan fingerprint density at radius 1 is 1.13 bits per heavy atom. The maximum Gasteiger partial charge on any atom is 0.224 e. The summed E-state index contributed by atoms with van der Waals surface area (Å²) in [5.74, 6) is 1.26. The van der Waals surface area contributed by atoms with Crippen molar-refractivity contribution in [1.29, 1.82) is 0 Å². The fourth-order valence-electron chi connectivity index (χ4n) is 2.29. The molecule has 1 N–H and O–H groups in total. The maximum atomic E-state index is 13.5. The number of aryl methyl sites for hydroxylation is 2. The van der Waals surface area contributed by atoms with E-state index in [2.05, 4.69) is 17.4 Å². The standard InChI is InChI=1S/C19H22FNOS/c1-14-7-8-15(2)17(11-14)12-19(22)21-9-10-23-13-16-5-3-4-6-18(16)20/h3-8,11H,9-10,12-13H2,1-2H3,(H,21,22). The summed E-state index contributed by atoms with van der Waals surface area (Å²) in [6.07, 6.45) is 0.408. The molecule has 0 unspecified atom stereocenters. The van der Waals surface area contributed by atoms with E-state index in [-0.39, 0.29) is 11.7 Å². The number of nitrogens with one attached hydrogen (secondary N) is 1. The zero-order chi connectivity index (χ0) is 16.7. The van der Waals surface area contributed by atoms with Gasteiger partial charge in [-0.3, -0.25) is 4.79 Å². The summed E-state index contributed by atoms with van der Waals surface area (Å²) < 4.78 is 13.5. The number of carbonyl (C=O) groups is 1. The first-order valence-electron chi connectivity index (χ1n) is 7.70. The van der Waals surface area contributed by atoms with Crippen LogP contribution in [0.15, 0.2) is 42.5 Å². The molecule has 2 nitrogen and oxygen atoms in total. The maximum absolute atomic E-state index is 13.5. The molecule has 0 aromatic heterocycles. The normalized spacial score (nSPS) is 10.6. The predicted molar refractivity (Wildman–Crippen MR) is 95.2 cm³/mol. The van der Waals surface area contributed by atoms with Crippen LogP contribution in [0.3, 0.4) is 0 Å². The highest BCUT2D eigenvalue weighted by Crippen LogP contribution is 2.15. The number of halogens is 1. The monoisotopic (exact) mass is 331 g/mol. The molecule has 0 aliphatic rings. The van der Waals surface area contributed by atoms with E-state index in [0.29, 0.717) is 24.3 Å². The zero-order valence-electron chi connectivity index (χ0n) is 13.6. The van der Waals surface area contributed by atoms with Gasteiger partial charge in [0.2, 0.25) is 5.91 Å². The second-order valence-electron chi connectivity index (χ2n) is 5.60. The van der Waals surface area contributed by atoms with Crippen LogP contribution >= 0.6 is 11.8 Å². The van der Waals surface area contributed by atoms with Crippen molar-refractivity contribution in [3.05, 3.63) is 70.5 Å². The van der Waals surface area contributed by atoms with Gasteiger partial charge >= 0.3 is 0 Å². The summed E-state index contributed by atoms with van der Waals surface area (Å²) in [6.45, 7) is 4.65. The lowest BCUT2D eigenvalue weighted by atomic mass is 10.0. The van der Waals surface area contributed by atoms with E-state index >= 15 is 0 Å². The fraction of sp³-hybridized carbons (Fsp3) is 0.316. The van der Waals surface area contributed by atoms with Gasteiger partial charge in [-0.05, 0) is 36.6 Å². The van der Waals surface area contributed by atoms with Gasteiger partial charge in [0, 0.05) is 18.1 Å². The average Bonchev–Trinajstić information content (AvgIpc) is 2.52. The van der Waals surface area contributed by atoms with Crippen molar-refractivity contribution in [3.8, 4) is 0 Å². The molecular formula is C19H22FNOS. The first-order chi connectivity index (χ1) is 11.1. The number of hydrogen-bond donors (Lipinski definition) is 1. The van der Waals surface area contributed by atoms with Gasteiger partial charge in [0.15, 0.2) is 0 Å². The molecule has 0 spiro atoms. The molecule has 0 bridgehead atoms. The van der Waals surface area contributed by atoms with E-state index in [4.69, 9.17) is 0 Å². The number of rotatable bonds is 7. The van der Waals surface area contributed by atoms with Crippen molar-refractivity contribution >= 4 is 17.7 Å². The summed E-state index contributed by atoms with van der Waals surface area (Å²) in [7, 11) is 0. The van der Waals surface area contributed by atoms with Crippen molar-refractivity contribution in [2.75, 3.05) is 12.3 Å². The lowest BCUT2D eigenvalue weighted by Gasteiger charge is -2.08. The summed E-state index contributed by atoms with van der Waals surface area (Å²) in [4.78, 5) is 12.0. The number of hydrogen-bond acceptors (Lipinski definition) is 2. The molecular weight excluding hydrogens is 309 g/mol. The van der Waals surface area contributed by atoms with Crippen LogP contribution in [0.5, 0.6) is 0 Å². The Hall–Kier alpha value is -1.81. The SMILES string of the molecule is Cc1ccc(C)c(CC(=O)NCCSCc2ccccc2F)c1. The number of amides is 1. The molecule has 0 saturated heterocycles. The minimum Gasteiger partial charge on any atom is -0.355 e. The third-order valence-corrected chi connectivity index (χ3v) is 4.65. The van der Waals surface area contributed by atoms with Crippen LogP contribution in [0.2, 0.25) is 0 Å². The highest BCUT2D eigenvalue weighted by molar-refractivity contribution is 7.98. The van der Waals surface area contributed by atoms with Gasteiger partial charge in [-0.15, -0.1) is 0 Å². The molecule has 0 radical (unpaired) electrons. The summed E-state index contributed by atoms with van der Waals surface area (Å²) in [5, 5.41) is 2.93. The first-order valence-corrected chi connectivity index (χ1v) is 8.85. The van der Waals surface area contributed by atoms with E-state index in [9.17, 15) is 9.18 Å². The molecule has 2 aromatic carbocycles. The summed E-state index contributed by atoms with van der Waals surface area (Å²) >= 11 is 1.62. The molecule has 4 heteroatoms. The Morgan fingerprint density at radius 3 is 2.70 bits per heavy atom. The Kier molecular flexibility index (Phi) is 6.66. The van der Waals surface area contributed by atoms with E-state index < -0.39 is 0 Å². The van der Waals surface area contributed by atoms with Gasteiger partial charge < -0.3 is 5.32 Å². The molecule has 1 amide bonds. The summed E-state index contributed by atoms with van der Waals surface area (Å²) in [6, 6.07) is 12.9. The van der Waals surface area contributed by atoms with Gasteiger partial charge in [-0.2, -0.15) is 11.8 Å². The van der Waals surface area contributed by atoms with Crippen molar-refractivity contribution in [2.45, 2.75) is 26.0 Å². The van der Waals surface area contributed by atoms with Crippen LogP contribution < -0.4 is 5.32 Å². The second kappa shape index (κ2) is 8.73. The van der Waals surface area contributed by atoms with Crippen LogP contribution in [0.4, 0.5) is 4.39 Å². The predicted octanol–water partition coefficient (Wildman–Crippen LogP) is 4.03. The number of thioether (sulfide) groups is 1. The highest BCUT2D eigenvalue weighted by Gasteiger charge is 2.06. The van der Waals surface area contributed by atoms with Crippen LogP contribution in [-0.4, -0.2) is 18.2 Å². The second-order valence-corrected chi connectivity index (χ2v) is 6.71. The molecule has 0 aliphatic heterocycles. The number of carbonyl (C=O) groups excluding carboxylic acids is 1. The fourth-order valence-corrected chi connectivity index (χ4v) is 3.13. The quantitative estimate of drug-likeness (QED) is 0.776. The van der Waals surface area contributed by atoms with E-state index in [1.165, 1.54) is 11.6 Å². The minimum absolute atomic E-state index is 0.0326. The van der Waals surface area contributed by atoms with E-state index in [0.717, 1.165) is 16.9 Å². The molecule has 0 heterocycles. The van der Waals surface area contributed by atoms with Gasteiger partial charge in [-0.1, -0.05) is 42.0 Å². The first kappa shape index (κ1) is 17.5. The zero-order valence-corrected chi connectivity index (χ0v) is 14.4. The minimum atomic E-state index is -0.168. The Labute approximate surface area is 141 Å². The molecule has 23 heavy (non-hydrogen) atoms. The molecule has 2 rings (SSSR count). The molecule has 0 saturated carbocycles. The Morgan fingerprint density at radius 2 is 1.91 bits per heavy atom. The lowest BCUT2D eigenvalue weighted by molar-refractivity contribution is -0.120. The van der Waals surface area contributed by atoms with Gasteiger partial charge in [-0.25, -0.2) is 4.39 Å². The third-order valence-electron chi connectivity index (χ3n) is 3.64. The lowest BCUT2D eigenvalue weighted by Crippen LogP contribution is -2.27. The van der Waals surface area contributed by atoms with Gasteiger partial charge in [0.1, 0.15) is 5.82 Å². The van der Waals surface area contributed by atoms with Crippen LogP contribution in [0.1, 0.15) is 22.3 Å². The van der Waals surface area contributed by atoms with Crippen molar-refractivity contribution in [3.63, 3.8) is 0 Å². The molecule has 0 fully saturated rings. The summed E-state index contributed by atoms with van der Waals surface area (Å²) in [5.41, 5.74) is 4.08. The van der Waals surface area contributed by atoms with Crippen LogP contribution in [0.25, 0.3) is 0 Å². The molecule has 2 aromatic rings. The largest absolute Gasteiger partial charge is 0.355 e. The molecule has 122 valence electrons. The van der Waals surface area contributed by atoms with Crippen LogP contribution in [0, 0.1) is 19.7 Å². The van der Waals surface area contributed by atoms with Crippen molar-refractivity contribution in [2.24, 2.45) is 0 Å². The van der Waals surface area contributed by atoms with Crippen molar-refractivity contribution < 1.29 is 9.18 Å². The van der Waals surface area contributed by atoms with E-state index in [1.807, 2.05) is 26.0 Å². The average molecular weight is 331 g/mol. The Balaban J connectivity index is 1.69. The topological polar surface area (TPSA) is 29.1 Å². The van der Waals surface area contributed by atoms with Gasteiger partial charge in [0.05, 0.1) is 6.42 Å². The van der Waals surface area contributed by atoms with Crippen molar-refractivity contribution in [1.82, 2.24) is 5.32 Å². The number of benzene rings is 2. The highest BCUT2D eigenvalue weighted by atomic mass is 32.2. The Bertz CT molecular complexity index is 672. The smallest absolute Gasteiger partial charge is 0.224 e. The van der Waals surface area contributed by atoms with Gasteiger partial charge in [0.25, 0.3) is 0 Å². The third kappa shape index (κ3) is 5.71. The molecule has 0 aliphatic carbocycles.